The Bertz CT molecular complexity index is 766. The Hall–Kier alpha value is -3.30. The summed E-state index contributed by atoms with van der Waals surface area (Å²) in [5.74, 6) is -0.397. The first-order valence-electron chi connectivity index (χ1n) is 6.30. The van der Waals surface area contributed by atoms with Crippen LogP contribution in [0.1, 0.15) is 12.0 Å². The third kappa shape index (κ3) is 4.67. The normalized spacial score (nSPS) is 10.5. The second kappa shape index (κ2) is 7.47. The van der Waals surface area contributed by atoms with Gasteiger partial charge < -0.3 is 5.32 Å². The van der Waals surface area contributed by atoms with E-state index in [1.54, 1.807) is 24.5 Å². The minimum atomic E-state index is -0.696. The number of hydrogen-bond donors (Lipinski definition) is 4. The topological polar surface area (TPSA) is 145 Å². The van der Waals surface area contributed by atoms with Crippen LogP contribution in [0, 0.1) is 0 Å². The van der Waals surface area contributed by atoms with Gasteiger partial charge in [-0.3, -0.25) is 19.6 Å². The summed E-state index contributed by atoms with van der Waals surface area (Å²) in [7, 11) is 0. The summed E-state index contributed by atoms with van der Waals surface area (Å²) < 4.78 is 0. The first-order valence-corrected chi connectivity index (χ1v) is 6.30. The molecule has 2 heterocycles. The Morgan fingerprint density at radius 3 is 2.82 bits per heavy atom. The lowest BCUT2D eigenvalue weighted by atomic mass is 10.3. The Morgan fingerprint density at radius 1 is 1.32 bits per heavy atom. The van der Waals surface area contributed by atoms with Crippen LogP contribution in [0.3, 0.4) is 0 Å². The average molecular weight is 303 g/mol. The van der Waals surface area contributed by atoms with Crippen molar-refractivity contribution in [2.24, 2.45) is 5.10 Å². The number of amides is 1. The van der Waals surface area contributed by atoms with Crippen molar-refractivity contribution in [2.45, 2.75) is 6.42 Å². The van der Waals surface area contributed by atoms with Gasteiger partial charge in [-0.25, -0.2) is 15.3 Å². The zero-order valence-corrected chi connectivity index (χ0v) is 11.4. The Labute approximate surface area is 123 Å². The second-order valence-corrected chi connectivity index (χ2v) is 4.11. The quantitative estimate of drug-likeness (QED) is 0.390. The van der Waals surface area contributed by atoms with Crippen LogP contribution in [-0.4, -0.2) is 38.8 Å². The lowest BCUT2D eigenvalue weighted by molar-refractivity contribution is -0.120. The molecular formula is C12H13N7O3. The number of pyridine rings is 1. The predicted molar refractivity (Wildman–Crippen MR) is 78.6 cm³/mol. The van der Waals surface area contributed by atoms with Crippen LogP contribution in [-0.2, 0) is 4.79 Å². The molecule has 22 heavy (non-hydrogen) atoms. The molecular weight excluding hydrogens is 290 g/mol. The van der Waals surface area contributed by atoms with E-state index in [9.17, 15) is 14.4 Å². The van der Waals surface area contributed by atoms with Gasteiger partial charge in [-0.15, -0.1) is 5.10 Å². The van der Waals surface area contributed by atoms with E-state index in [4.69, 9.17) is 0 Å². The minimum absolute atomic E-state index is 0.0623. The number of aromatic amines is 2. The highest BCUT2D eigenvalue weighted by Gasteiger charge is 2.03. The molecule has 0 saturated heterocycles. The summed E-state index contributed by atoms with van der Waals surface area (Å²) in [4.78, 5) is 39.5. The Kier molecular flexibility index (Phi) is 5.13. The number of carbonyl (C=O) groups is 1. The van der Waals surface area contributed by atoms with Crippen molar-refractivity contribution in [1.29, 1.82) is 0 Å². The molecule has 0 saturated carbocycles. The second-order valence-electron chi connectivity index (χ2n) is 4.11. The van der Waals surface area contributed by atoms with Crippen molar-refractivity contribution in [1.82, 2.24) is 25.6 Å². The fourth-order valence-electron chi connectivity index (χ4n) is 1.45. The highest BCUT2D eigenvalue weighted by Crippen LogP contribution is 1.91. The van der Waals surface area contributed by atoms with Crippen molar-refractivity contribution in [3.8, 4) is 0 Å². The highest BCUT2D eigenvalue weighted by molar-refractivity contribution is 5.82. The fraction of sp³-hybridized carbons (Fsp3) is 0.167. The molecule has 0 aromatic carbocycles. The number of hydrazone groups is 1. The maximum atomic E-state index is 11.5. The van der Waals surface area contributed by atoms with Crippen molar-refractivity contribution < 1.29 is 4.79 Å². The summed E-state index contributed by atoms with van der Waals surface area (Å²) in [5.41, 5.74) is 1.80. The summed E-state index contributed by atoms with van der Waals surface area (Å²) in [5, 5.41) is 12.0. The molecule has 10 nitrogen and oxygen atoms in total. The van der Waals surface area contributed by atoms with Crippen molar-refractivity contribution >= 4 is 17.9 Å². The standard InChI is InChI=1S/C12H13N7O3/c20-9(17-15-7-8-1-4-13-5-2-8)3-6-14-10-11(21)16-12(22)19-18-10/h1-2,4-5,7H,3,6H2,(H,14,18)(H,17,20)(H2,16,19,21,22)/b15-7+. The van der Waals surface area contributed by atoms with Gasteiger partial charge in [0.25, 0.3) is 5.56 Å². The van der Waals surface area contributed by atoms with Crippen LogP contribution >= 0.6 is 0 Å². The van der Waals surface area contributed by atoms with Crippen molar-refractivity contribution in [3.63, 3.8) is 0 Å². The zero-order valence-electron chi connectivity index (χ0n) is 11.4. The van der Waals surface area contributed by atoms with E-state index in [0.717, 1.165) is 5.56 Å². The molecule has 0 aliphatic rings. The molecule has 0 fully saturated rings. The number of nitrogens with zero attached hydrogens (tertiary/aromatic N) is 3. The van der Waals surface area contributed by atoms with Crippen LogP contribution in [0.15, 0.2) is 39.2 Å². The maximum absolute atomic E-state index is 11.5. The Balaban J connectivity index is 1.75. The summed E-state index contributed by atoms with van der Waals surface area (Å²) in [6.45, 7) is 0.165. The number of carbonyl (C=O) groups excluding carboxylic acids is 1. The largest absolute Gasteiger partial charge is 0.364 e. The molecule has 0 atom stereocenters. The van der Waals surface area contributed by atoms with Gasteiger partial charge in [-0.05, 0) is 17.7 Å². The molecule has 2 aromatic heterocycles. The minimum Gasteiger partial charge on any atom is -0.364 e. The van der Waals surface area contributed by atoms with Gasteiger partial charge in [-0.1, -0.05) is 0 Å². The number of H-pyrrole nitrogens is 2. The maximum Gasteiger partial charge on any atom is 0.342 e. The fourth-order valence-corrected chi connectivity index (χ4v) is 1.45. The summed E-state index contributed by atoms with van der Waals surface area (Å²) in [6.07, 6.45) is 4.79. The Morgan fingerprint density at radius 2 is 2.09 bits per heavy atom. The van der Waals surface area contributed by atoms with E-state index >= 15 is 0 Å². The third-order valence-electron chi connectivity index (χ3n) is 2.46. The average Bonchev–Trinajstić information content (AvgIpc) is 2.50. The molecule has 0 unspecified atom stereocenters. The van der Waals surface area contributed by atoms with Gasteiger partial charge in [-0.2, -0.15) is 5.10 Å². The lowest BCUT2D eigenvalue weighted by Crippen LogP contribution is -2.28. The van der Waals surface area contributed by atoms with Crippen LogP contribution in [0.2, 0.25) is 0 Å². The van der Waals surface area contributed by atoms with Crippen molar-refractivity contribution in [2.75, 3.05) is 11.9 Å². The molecule has 10 heteroatoms. The van der Waals surface area contributed by atoms with Crippen LogP contribution in [0.4, 0.5) is 5.82 Å². The highest BCUT2D eigenvalue weighted by atomic mass is 16.2. The van der Waals surface area contributed by atoms with E-state index in [1.165, 1.54) is 6.21 Å². The molecule has 0 bridgehead atoms. The van der Waals surface area contributed by atoms with E-state index in [2.05, 4.69) is 31.0 Å². The number of hydrogen-bond acceptors (Lipinski definition) is 7. The molecule has 0 aliphatic heterocycles. The zero-order chi connectivity index (χ0) is 15.8. The van der Waals surface area contributed by atoms with E-state index in [-0.39, 0.29) is 24.7 Å². The van der Waals surface area contributed by atoms with Crippen molar-refractivity contribution in [3.05, 3.63) is 50.9 Å². The first kappa shape index (κ1) is 15.1. The van der Waals surface area contributed by atoms with Gasteiger partial charge in [0.15, 0.2) is 0 Å². The van der Waals surface area contributed by atoms with Gasteiger partial charge >= 0.3 is 5.69 Å². The summed E-state index contributed by atoms with van der Waals surface area (Å²) in [6, 6.07) is 3.48. The van der Waals surface area contributed by atoms with E-state index in [0.29, 0.717) is 0 Å². The molecule has 0 radical (unpaired) electrons. The van der Waals surface area contributed by atoms with Crippen LogP contribution in [0.5, 0.6) is 0 Å². The smallest absolute Gasteiger partial charge is 0.342 e. The monoisotopic (exact) mass is 303 g/mol. The third-order valence-corrected chi connectivity index (χ3v) is 2.46. The van der Waals surface area contributed by atoms with Crippen LogP contribution in [0.25, 0.3) is 0 Å². The molecule has 2 rings (SSSR count). The first-order chi connectivity index (χ1) is 10.6. The summed E-state index contributed by atoms with van der Waals surface area (Å²) >= 11 is 0. The molecule has 2 aromatic rings. The van der Waals surface area contributed by atoms with E-state index < -0.39 is 11.2 Å². The molecule has 4 N–H and O–H groups in total. The van der Waals surface area contributed by atoms with E-state index in [1.807, 2.05) is 4.98 Å². The van der Waals surface area contributed by atoms with Gasteiger partial charge in [0.1, 0.15) is 0 Å². The number of rotatable bonds is 6. The van der Waals surface area contributed by atoms with Crippen LogP contribution < -0.4 is 22.0 Å². The number of anilines is 1. The van der Waals surface area contributed by atoms with Gasteiger partial charge in [0.05, 0.1) is 6.21 Å². The molecule has 114 valence electrons. The van der Waals surface area contributed by atoms with Gasteiger partial charge in [0.2, 0.25) is 11.7 Å². The lowest BCUT2D eigenvalue weighted by Gasteiger charge is -2.02. The SMILES string of the molecule is O=C(CCNc1n[nH]c(=O)[nH]c1=O)N/N=C/c1ccncc1. The number of nitrogens with one attached hydrogen (secondary N) is 4. The van der Waals surface area contributed by atoms with Gasteiger partial charge in [0, 0.05) is 25.4 Å². The molecule has 0 spiro atoms. The molecule has 1 amide bonds. The molecule has 0 aliphatic carbocycles. The predicted octanol–water partition coefficient (Wildman–Crippen LogP) is -1.19. The number of aromatic nitrogens is 4.